The van der Waals surface area contributed by atoms with Crippen molar-refractivity contribution in [2.45, 2.75) is 38.1 Å². The van der Waals surface area contributed by atoms with Crippen molar-refractivity contribution < 1.29 is 19.2 Å². The summed E-state index contributed by atoms with van der Waals surface area (Å²) in [4.78, 5) is 44.7. The molecule has 2 atom stereocenters. The molecule has 8 heteroatoms. The van der Waals surface area contributed by atoms with Gasteiger partial charge >= 0.3 is 0 Å². The van der Waals surface area contributed by atoms with Crippen LogP contribution in [0.3, 0.4) is 0 Å². The van der Waals surface area contributed by atoms with Gasteiger partial charge in [-0.05, 0) is 12.8 Å². The summed E-state index contributed by atoms with van der Waals surface area (Å²) >= 11 is 0. The van der Waals surface area contributed by atoms with Gasteiger partial charge in [0.15, 0.2) is 0 Å². The van der Waals surface area contributed by atoms with Crippen LogP contribution in [0.4, 0.5) is 0 Å². The first-order valence-corrected chi connectivity index (χ1v) is 6.56. The minimum absolute atomic E-state index is 0.0120. The lowest BCUT2D eigenvalue weighted by atomic mass is 9.91. The monoisotopic (exact) mass is 284 g/mol. The number of primary amides is 2. The van der Waals surface area contributed by atoms with E-state index in [1.807, 2.05) is 0 Å². The van der Waals surface area contributed by atoms with E-state index in [4.69, 9.17) is 11.5 Å². The maximum atomic E-state index is 11.7. The van der Waals surface area contributed by atoms with Crippen LogP contribution in [-0.2, 0) is 19.2 Å². The van der Waals surface area contributed by atoms with E-state index in [1.165, 1.54) is 0 Å². The molecule has 0 saturated carbocycles. The van der Waals surface area contributed by atoms with Gasteiger partial charge in [-0.1, -0.05) is 12.8 Å². The number of carbonyl (C=O) groups is 4. The number of imide groups is 1. The molecule has 1 rings (SSSR count). The van der Waals surface area contributed by atoms with E-state index in [0.717, 1.165) is 6.42 Å². The number of rotatable bonds is 8. The molecule has 1 aliphatic heterocycles. The lowest BCUT2D eigenvalue weighted by Gasteiger charge is -2.28. The maximum absolute atomic E-state index is 11.7. The molecule has 4 amide bonds. The van der Waals surface area contributed by atoms with E-state index < -0.39 is 29.7 Å². The lowest BCUT2D eigenvalue weighted by molar-refractivity contribution is -0.138. The smallest absolute Gasteiger partial charge is 0.244 e. The number of hydrogen-bond acceptors (Lipinski definition) is 5. The summed E-state index contributed by atoms with van der Waals surface area (Å²) in [6.45, 7) is -0.0120. The molecule has 2 unspecified atom stereocenters. The van der Waals surface area contributed by atoms with E-state index in [0.29, 0.717) is 25.7 Å². The summed E-state index contributed by atoms with van der Waals surface area (Å²) in [5, 5.41) is 4.89. The zero-order valence-corrected chi connectivity index (χ0v) is 11.2. The van der Waals surface area contributed by atoms with Crippen LogP contribution in [0.2, 0.25) is 0 Å². The van der Waals surface area contributed by atoms with E-state index in [1.54, 1.807) is 0 Å². The Morgan fingerprint density at radius 2 is 1.90 bits per heavy atom. The predicted molar refractivity (Wildman–Crippen MR) is 69.9 cm³/mol. The van der Waals surface area contributed by atoms with Crippen LogP contribution in [0.1, 0.15) is 32.1 Å². The predicted octanol–water partition coefficient (Wildman–Crippen LogP) is -1.86. The summed E-state index contributed by atoms with van der Waals surface area (Å²) < 4.78 is 0. The van der Waals surface area contributed by atoms with Crippen molar-refractivity contribution in [3.05, 3.63) is 0 Å². The molecule has 1 aliphatic rings. The van der Waals surface area contributed by atoms with Crippen LogP contribution in [0, 0.1) is 5.92 Å². The van der Waals surface area contributed by atoms with E-state index in [2.05, 4.69) is 10.6 Å². The molecular weight excluding hydrogens is 264 g/mol. The van der Waals surface area contributed by atoms with Crippen molar-refractivity contribution in [1.29, 1.82) is 0 Å². The maximum Gasteiger partial charge on any atom is 0.244 e. The average Bonchev–Trinajstić information content (AvgIpc) is 2.34. The minimum Gasteiger partial charge on any atom is -0.370 e. The van der Waals surface area contributed by atoms with Gasteiger partial charge in [-0.15, -0.1) is 0 Å². The van der Waals surface area contributed by atoms with Crippen molar-refractivity contribution in [2.24, 2.45) is 17.4 Å². The Morgan fingerprint density at radius 3 is 2.45 bits per heavy atom. The standard InChI is InChI=1S/C12H20N4O4/c13-8(17)5-3-1-2-4-7(11(14)19)10-12(20)16-9(18)6-15-10/h7,10,15H,1-6H2,(H2,13,17)(H2,14,19)(H,16,18,20). The first kappa shape index (κ1) is 16.1. The molecule has 112 valence electrons. The van der Waals surface area contributed by atoms with Gasteiger partial charge in [0.25, 0.3) is 0 Å². The Kier molecular flexibility index (Phi) is 6.10. The van der Waals surface area contributed by atoms with Gasteiger partial charge < -0.3 is 11.5 Å². The van der Waals surface area contributed by atoms with Crippen LogP contribution < -0.4 is 22.1 Å². The number of carbonyl (C=O) groups excluding carboxylic acids is 4. The fourth-order valence-electron chi connectivity index (χ4n) is 2.19. The van der Waals surface area contributed by atoms with Gasteiger partial charge in [0, 0.05) is 6.42 Å². The average molecular weight is 284 g/mol. The summed E-state index contributed by atoms with van der Waals surface area (Å²) in [5.41, 5.74) is 10.3. The second-order valence-corrected chi connectivity index (χ2v) is 4.85. The van der Waals surface area contributed by atoms with Gasteiger partial charge in [-0.2, -0.15) is 0 Å². The molecular formula is C12H20N4O4. The highest BCUT2D eigenvalue weighted by Gasteiger charge is 2.35. The minimum atomic E-state index is -0.777. The largest absolute Gasteiger partial charge is 0.370 e. The Bertz CT molecular complexity index is 410. The van der Waals surface area contributed by atoms with Gasteiger partial charge in [-0.3, -0.25) is 29.8 Å². The molecule has 20 heavy (non-hydrogen) atoms. The summed E-state index contributed by atoms with van der Waals surface area (Å²) in [5.74, 6) is -2.56. The Balaban J connectivity index is 2.44. The Hall–Kier alpha value is -1.96. The van der Waals surface area contributed by atoms with Crippen LogP contribution in [0.25, 0.3) is 0 Å². The summed E-state index contributed by atoms with van der Waals surface area (Å²) in [6.07, 6.45) is 2.75. The van der Waals surface area contributed by atoms with Crippen LogP contribution in [-0.4, -0.2) is 36.2 Å². The molecule has 0 aromatic rings. The van der Waals surface area contributed by atoms with E-state index >= 15 is 0 Å². The van der Waals surface area contributed by atoms with Gasteiger partial charge in [0.05, 0.1) is 18.5 Å². The fourth-order valence-corrected chi connectivity index (χ4v) is 2.19. The van der Waals surface area contributed by atoms with Crippen molar-refractivity contribution in [3.63, 3.8) is 0 Å². The molecule has 0 aromatic carbocycles. The molecule has 1 saturated heterocycles. The van der Waals surface area contributed by atoms with Crippen LogP contribution in [0.5, 0.6) is 0 Å². The number of piperazine rings is 1. The van der Waals surface area contributed by atoms with Crippen molar-refractivity contribution in [2.75, 3.05) is 6.54 Å². The Labute approximate surface area is 116 Å². The normalized spacial score (nSPS) is 20.3. The zero-order chi connectivity index (χ0) is 15.1. The molecule has 0 bridgehead atoms. The highest BCUT2D eigenvalue weighted by molar-refractivity contribution is 6.03. The number of nitrogens with two attached hydrogens (primary N) is 2. The summed E-state index contributed by atoms with van der Waals surface area (Å²) in [7, 11) is 0. The van der Waals surface area contributed by atoms with E-state index in [9.17, 15) is 19.2 Å². The van der Waals surface area contributed by atoms with Gasteiger partial charge in [0.2, 0.25) is 23.6 Å². The third kappa shape index (κ3) is 4.96. The second-order valence-electron chi connectivity index (χ2n) is 4.85. The molecule has 8 nitrogen and oxygen atoms in total. The van der Waals surface area contributed by atoms with E-state index in [-0.39, 0.29) is 12.5 Å². The number of nitrogens with one attached hydrogen (secondary N) is 2. The van der Waals surface area contributed by atoms with Crippen molar-refractivity contribution >= 4 is 23.6 Å². The van der Waals surface area contributed by atoms with Crippen LogP contribution >= 0.6 is 0 Å². The summed E-state index contributed by atoms with van der Waals surface area (Å²) in [6, 6.07) is -0.777. The third-order valence-corrected chi connectivity index (χ3v) is 3.23. The topological polar surface area (TPSA) is 144 Å². The molecule has 0 aliphatic carbocycles. The highest BCUT2D eigenvalue weighted by Crippen LogP contribution is 2.16. The number of unbranched alkanes of at least 4 members (excludes halogenated alkanes) is 2. The van der Waals surface area contributed by atoms with Crippen molar-refractivity contribution in [1.82, 2.24) is 10.6 Å². The quantitative estimate of drug-likeness (QED) is 0.305. The van der Waals surface area contributed by atoms with Gasteiger partial charge in [-0.25, -0.2) is 0 Å². The first-order valence-electron chi connectivity index (χ1n) is 6.56. The Morgan fingerprint density at radius 1 is 1.20 bits per heavy atom. The highest BCUT2D eigenvalue weighted by atomic mass is 16.2. The van der Waals surface area contributed by atoms with Crippen LogP contribution in [0.15, 0.2) is 0 Å². The third-order valence-electron chi connectivity index (χ3n) is 3.23. The lowest BCUT2D eigenvalue weighted by Crippen LogP contribution is -2.60. The van der Waals surface area contributed by atoms with Gasteiger partial charge in [0.1, 0.15) is 0 Å². The molecule has 1 heterocycles. The molecule has 0 radical (unpaired) electrons. The fraction of sp³-hybridized carbons (Fsp3) is 0.667. The molecule has 0 spiro atoms. The SMILES string of the molecule is NC(=O)CCCCCC(C(N)=O)C1NCC(=O)NC1=O. The number of amides is 4. The second kappa shape index (κ2) is 7.59. The van der Waals surface area contributed by atoms with Crippen molar-refractivity contribution in [3.8, 4) is 0 Å². The first-order chi connectivity index (χ1) is 9.41. The molecule has 1 fully saturated rings. The number of hydrogen-bond donors (Lipinski definition) is 4. The molecule has 6 N–H and O–H groups in total. The molecule has 0 aromatic heterocycles. The zero-order valence-electron chi connectivity index (χ0n) is 11.2.